The third kappa shape index (κ3) is 27.2. The Kier molecular flexibility index (Phi) is 37.2. The van der Waals surface area contributed by atoms with E-state index < -0.39 is 14.5 Å². The van der Waals surface area contributed by atoms with Crippen LogP contribution in [0.5, 0.6) is 0 Å². The fourth-order valence-corrected chi connectivity index (χ4v) is 14.3. The Balaban J connectivity index is -0.000000727. The van der Waals surface area contributed by atoms with Crippen molar-refractivity contribution in [2.75, 3.05) is 49.3 Å². The summed E-state index contributed by atoms with van der Waals surface area (Å²) in [5.41, 5.74) is 0. The molecule has 0 fully saturated rings. The molecule has 0 rings (SSSR count). The van der Waals surface area contributed by atoms with E-state index in [1.165, 1.54) is 179 Å². The van der Waals surface area contributed by atoms with Gasteiger partial charge in [-0.3, -0.25) is 0 Å². The van der Waals surface area contributed by atoms with Crippen LogP contribution in [0.2, 0.25) is 0 Å². The molecule has 0 aliphatic carbocycles. The summed E-state index contributed by atoms with van der Waals surface area (Å²) in [6, 6.07) is 0. The number of rotatable bonds is 32. The standard InChI is InChI=1S/2C20H44P/c2*1-5-9-11-13-15-17-19-21(7-3,8-4)20-18-16-14-12-10-6-2/h2*5-20H2,1-4H3/q2*+1/p+1. The number of hydrogen-bond donors (Lipinski definition) is 0. The van der Waals surface area contributed by atoms with Crippen molar-refractivity contribution < 1.29 is 1.43 Å². The fourth-order valence-electron chi connectivity index (χ4n) is 6.85. The summed E-state index contributed by atoms with van der Waals surface area (Å²) in [6.45, 7) is 19.2. The van der Waals surface area contributed by atoms with E-state index in [0.717, 1.165) is 0 Å². The molecule has 0 radical (unpaired) electrons. The van der Waals surface area contributed by atoms with Crippen molar-refractivity contribution in [2.45, 2.75) is 209 Å². The SMILES string of the molecule is CCCCCCCC[P+](CC)(CC)CCCCCCCC.CCCCCCCC[P+](CC)(CC)CCCCCCCC.[H+]. The predicted octanol–water partition coefficient (Wildman–Crippen LogP) is 15.6. The molecule has 0 spiro atoms. The lowest BCUT2D eigenvalue weighted by molar-refractivity contribution is 0.620. The van der Waals surface area contributed by atoms with Crippen LogP contribution in [0.3, 0.4) is 0 Å². The van der Waals surface area contributed by atoms with Gasteiger partial charge in [0, 0.05) is 14.5 Å². The smallest absolute Gasteiger partial charge is 0.0654 e. The van der Waals surface area contributed by atoms with Crippen molar-refractivity contribution in [3.63, 3.8) is 0 Å². The molecule has 0 aromatic carbocycles. The largest absolute Gasteiger partial charge is 1.00 e. The van der Waals surface area contributed by atoms with E-state index in [0.29, 0.717) is 0 Å². The highest BCUT2D eigenvalue weighted by molar-refractivity contribution is 7.76. The average Bonchev–Trinajstić information content (AvgIpc) is 3.02. The quantitative estimate of drug-likeness (QED) is 0.0512. The van der Waals surface area contributed by atoms with Gasteiger partial charge >= 0.3 is 1.43 Å². The summed E-state index contributed by atoms with van der Waals surface area (Å²) >= 11 is 0. The third-order valence-electron chi connectivity index (χ3n) is 10.6. The molecule has 0 heterocycles. The van der Waals surface area contributed by atoms with Crippen molar-refractivity contribution in [3.05, 3.63) is 0 Å². The second kappa shape index (κ2) is 34.7. The maximum Gasteiger partial charge on any atom is 1.00 e. The highest BCUT2D eigenvalue weighted by Crippen LogP contribution is 2.60. The number of unbranched alkanes of at least 4 members (excludes halogenated alkanes) is 20. The molecule has 42 heavy (non-hydrogen) atoms. The molecule has 0 aromatic heterocycles. The lowest BCUT2D eigenvalue weighted by Gasteiger charge is -2.25. The Morgan fingerprint density at radius 2 is 0.405 bits per heavy atom. The zero-order valence-corrected chi connectivity index (χ0v) is 33.3. The summed E-state index contributed by atoms with van der Waals surface area (Å²) in [4.78, 5) is 0. The maximum absolute atomic E-state index is 2.48. The van der Waals surface area contributed by atoms with Crippen LogP contribution in [-0.2, 0) is 0 Å². The van der Waals surface area contributed by atoms with Crippen LogP contribution in [0.15, 0.2) is 0 Å². The Hall–Kier alpha value is 0.860. The average molecular weight is 632 g/mol. The van der Waals surface area contributed by atoms with Crippen LogP contribution in [0, 0.1) is 0 Å². The van der Waals surface area contributed by atoms with Crippen molar-refractivity contribution in [1.29, 1.82) is 0 Å². The lowest BCUT2D eigenvalue weighted by Crippen LogP contribution is -2.09. The summed E-state index contributed by atoms with van der Waals surface area (Å²) in [5.74, 6) is 0. The molecule has 2 heteroatoms. The molecule has 0 amide bonds. The normalized spacial score (nSPS) is 12.0. The third-order valence-corrected chi connectivity index (χ3v) is 21.1. The Labute approximate surface area is 274 Å². The van der Waals surface area contributed by atoms with Gasteiger partial charge in [0.2, 0.25) is 0 Å². The second-order valence-electron chi connectivity index (χ2n) is 13.9. The molecule has 0 aliphatic rings. The Morgan fingerprint density at radius 1 is 0.238 bits per heavy atom. The van der Waals surface area contributed by atoms with E-state index in [4.69, 9.17) is 0 Å². The molecule has 0 N–H and O–H groups in total. The molecular formula is C40H89P2+3. The van der Waals surface area contributed by atoms with Crippen LogP contribution in [0.4, 0.5) is 0 Å². The highest BCUT2D eigenvalue weighted by Gasteiger charge is 2.32. The van der Waals surface area contributed by atoms with Crippen LogP contribution < -0.4 is 0 Å². The molecule has 0 saturated heterocycles. The molecule has 0 atom stereocenters. The van der Waals surface area contributed by atoms with Gasteiger partial charge in [-0.15, -0.1) is 0 Å². The van der Waals surface area contributed by atoms with E-state index in [-0.39, 0.29) is 1.43 Å². The summed E-state index contributed by atoms with van der Waals surface area (Å²) in [6.07, 6.45) is 47.6. The van der Waals surface area contributed by atoms with Crippen LogP contribution in [0.25, 0.3) is 0 Å². The monoisotopic (exact) mass is 632 g/mol. The first-order valence-corrected chi connectivity index (χ1v) is 25.2. The minimum Gasteiger partial charge on any atom is -0.0654 e. The molecule has 256 valence electrons. The first-order chi connectivity index (χ1) is 20.5. The van der Waals surface area contributed by atoms with Gasteiger partial charge in [-0.05, 0) is 79.1 Å². The summed E-state index contributed by atoms with van der Waals surface area (Å²) in [7, 11) is -1.14. The van der Waals surface area contributed by atoms with Crippen LogP contribution >= 0.6 is 14.5 Å². The zero-order valence-electron chi connectivity index (χ0n) is 32.5. The first-order valence-electron chi connectivity index (χ1n) is 20.2. The van der Waals surface area contributed by atoms with E-state index in [2.05, 4.69) is 55.4 Å². The molecular weight excluding hydrogens is 542 g/mol. The molecule has 0 aliphatic heterocycles. The first kappa shape index (κ1) is 45.0. The van der Waals surface area contributed by atoms with Gasteiger partial charge in [-0.1, -0.05) is 130 Å². The second-order valence-corrected chi connectivity index (χ2v) is 23.6. The van der Waals surface area contributed by atoms with Gasteiger partial charge in [0.1, 0.15) is 0 Å². The van der Waals surface area contributed by atoms with Crippen molar-refractivity contribution in [1.82, 2.24) is 0 Å². The highest BCUT2D eigenvalue weighted by atomic mass is 31.2. The minimum atomic E-state index is -0.569. The van der Waals surface area contributed by atoms with Gasteiger partial charge < -0.3 is 0 Å². The molecule has 0 bridgehead atoms. The Bertz CT molecular complexity index is 407. The minimum absolute atomic E-state index is 0. The van der Waals surface area contributed by atoms with Crippen molar-refractivity contribution in [2.24, 2.45) is 0 Å². The van der Waals surface area contributed by atoms with Gasteiger partial charge in [-0.25, -0.2) is 0 Å². The van der Waals surface area contributed by atoms with Gasteiger partial charge in [0.05, 0.1) is 49.3 Å². The fraction of sp³-hybridized carbons (Fsp3) is 1.00. The summed E-state index contributed by atoms with van der Waals surface area (Å²) in [5, 5.41) is 0. The zero-order chi connectivity index (χ0) is 31.6. The van der Waals surface area contributed by atoms with E-state index in [9.17, 15) is 0 Å². The molecule has 0 saturated carbocycles. The van der Waals surface area contributed by atoms with Gasteiger partial charge in [-0.2, -0.15) is 0 Å². The van der Waals surface area contributed by atoms with E-state index in [1.807, 2.05) is 0 Å². The predicted molar refractivity (Wildman–Crippen MR) is 210 cm³/mol. The van der Waals surface area contributed by atoms with Crippen molar-refractivity contribution in [3.8, 4) is 0 Å². The van der Waals surface area contributed by atoms with E-state index >= 15 is 0 Å². The van der Waals surface area contributed by atoms with Gasteiger partial charge in [0.25, 0.3) is 0 Å². The Morgan fingerprint density at radius 3 is 0.571 bits per heavy atom. The van der Waals surface area contributed by atoms with E-state index in [1.54, 1.807) is 24.6 Å². The lowest BCUT2D eigenvalue weighted by atomic mass is 10.1. The van der Waals surface area contributed by atoms with Crippen molar-refractivity contribution >= 4 is 14.5 Å². The van der Waals surface area contributed by atoms with Crippen LogP contribution in [-0.4, -0.2) is 49.3 Å². The summed E-state index contributed by atoms with van der Waals surface area (Å²) < 4.78 is 0. The van der Waals surface area contributed by atoms with Gasteiger partial charge in [0.15, 0.2) is 0 Å². The molecule has 0 unspecified atom stereocenters. The molecule has 0 nitrogen and oxygen atoms in total. The molecule has 0 aromatic rings. The number of hydrogen-bond acceptors (Lipinski definition) is 0. The van der Waals surface area contributed by atoms with Crippen LogP contribution in [0.1, 0.15) is 211 Å². The maximum atomic E-state index is 2.48. The topological polar surface area (TPSA) is 0 Å².